The first-order valence-corrected chi connectivity index (χ1v) is 20.4. The molecule has 0 spiro atoms. The summed E-state index contributed by atoms with van der Waals surface area (Å²) in [7, 11) is 4.23. The molecule has 1 saturated heterocycles. The number of hydrogen-bond donors (Lipinski definition) is 0. The van der Waals surface area contributed by atoms with Crippen LogP contribution in [-0.4, -0.2) is 55.8 Å². The van der Waals surface area contributed by atoms with E-state index in [0.29, 0.717) is 30.4 Å². The Balaban J connectivity index is 2.07. The summed E-state index contributed by atoms with van der Waals surface area (Å²) in [6, 6.07) is 0. The molecule has 0 bridgehead atoms. The third-order valence-corrected chi connectivity index (χ3v) is 9.61. The number of esters is 2. The van der Waals surface area contributed by atoms with Crippen molar-refractivity contribution < 1.29 is 23.5 Å². The van der Waals surface area contributed by atoms with Gasteiger partial charge in [-0.05, 0) is 64.2 Å². The number of hydrogen-bond acceptors (Lipinski definition) is 4. The van der Waals surface area contributed by atoms with Gasteiger partial charge in [0.2, 0.25) is 0 Å². The molecule has 0 radical (unpaired) electrons. The molecule has 0 N–H and O–H groups in total. The van der Waals surface area contributed by atoms with Gasteiger partial charge in [0.15, 0.2) is 12.2 Å². The molecule has 5 heteroatoms. The van der Waals surface area contributed by atoms with Crippen LogP contribution in [0.4, 0.5) is 0 Å². The molecule has 0 aromatic rings. The summed E-state index contributed by atoms with van der Waals surface area (Å²) >= 11 is 0. The fraction of sp³-hybridized carbons (Fsp3) is 0.857. The van der Waals surface area contributed by atoms with Gasteiger partial charge in [-0.25, -0.2) is 0 Å². The van der Waals surface area contributed by atoms with Crippen molar-refractivity contribution in [1.82, 2.24) is 0 Å². The summed E-state index contributed by atoms with van der Waals surface area (Å²) in [4.78, 5) is 25.2. The second-order valence-corrected chi connectivity index (χ2v) is 15.0. The maximum Gasteiger partial charge on any atom is 0.306 e. The van der Waals surface area contributed by atoms with Crippen molar-refractivity contribution in [1.29, 1.82) is 0 Å². The molecule has 0 aromatic carbocycles. The molecule has 1 rings (SSSR count). The fourth-order valence-electron chi connectivity index (χ4n) is 6.65. The van der Waals surface area contributed by atoms with Gasteiger partial charge in [-0.3, -0.25) is 9.59 Å². The van der Waals surface area contributed by atoms with Crippen LogP contribution < -0.4 is 0 Å². The van der Waals surface area contributed by atoms with E-state index in [-0.39, 0.29) is 24.1 Å². The molecule has 0 unspecified atom stereocenters. The van der Waals surface area contributed by atoms with Crippen molar-refractivity contribution in [3.63, 3.8) is 0 Å². The van der Waals surface area contributed by atoms with E-state index in [4.69, 9.17) is 9.47 Å². The normalized spacial score (nSPS) is 17.6. The molecular weight excluding hydrogens is 582 g/mol. The minimum Gasteiger partial charge on any atom is -0.452 e. The smallest absolute Gasteiger partial charge is 0.306 e. The Morgan fingerprint density at radius 3 is 1.06 bits per heavy atom. The van der Waals surface area contributed by atoms with Crippen LogP contribution in [0.2, 0.25) is 0 Å². The zero-order chi connectivity index (χ0) is 34.3. The Morgan fingerprint density at radius 1 is 0.468 bits per heavy atom. The number of quaternary nitrogens is 1. The Kier molecular flexibility index (Phi) is 28.1. The minimum atomic E-state index is -0.335. The molecule has 47 heavy (non-hydrogen) atoms. The summed E-state index contributed by atoms with van der Waals surface area (Å²) in [5, 5.41) is 0. The van der Waals surface area contributed by atoms with E-state index in [1.807, 2.05) is 0 Å². The number of carbonyl (C=O) groups excluding carboxylic acids is 2. The first-order valence-electron chi connectivity index (χ1n) is 20.4. The minimum absolute atomic E-state index is 0.146. The van der Waals surface area contributed by atoms with Crippen LogP contribution in [-0.2, 0) is 19.1 Å². The first-order chi connectivity index (χ1) is 22.9. The predicted octanol–water partition coefficient (Wildman–Crippen LogP) is 12.0. The quantitative estimate of drug-likeness (QED) is 0.0312. The number of likely N-dealkylation sites (N-methyl/N-ethyl adjacent to an activating group) is 1. The van der Waals surface area contributed by atoms with Gasteiger partial charge in [0.05, 0.1) is 14.1 Å². The van der Waals surface area contributed by atoms with E-state index in [9.17, 15) is 9.59 Å². The summed E-state index contributed by atoms with van der Waals surface area (Å²) in [5.74, 6) is -0.291. The van der Waals surface area contributed by atoms with Crippen LogP contribution in [0.5, 0.6) is 0 Å². The molecule has 0 aliphatic carbocycles. The van der Waals surface area contributed by atoms with Crippen molar-refractivity contribution >= 4 is 11.9 Å². The third-order valence-electron chi connectivity index (χ3n) is 9.61. The molecule has 1 fully saturated rings. The van der Waals surface area contributed by atoms with Crippen LogP contribution in [0.25, 0.3) is 0 Å². The van der Waals surface area contributed by atoms with Crippen molar-refractivity contribution in [3.8, 4) is 0 Å². The Hall–Kier alpha value is -1.62. The molecular formula is C42H78NO4+. The van der Waals surface area contributed by atoms with Crippen LogP contribution in [0.15, 0.2) is 24.3 Å². The van der Waals surface area contributed by atoms with Crippen LogP contribution in [0.3, 0.4) is 0 Å². The fourth-order valence-corrected chi connectivity index (χ4v) is 6.65. The van der Waals surface area contributed by atoms with E-state index in [0.717, 1.165) is 25.7 Å². The third kappa shape index (κ3) is 27.0. The number of carbonyl (C=O) groups is 2. The summed E-state index contributed by atoms with van der Waals surface area (Å²) in [6.07, 6.45) is 42.0. The molecule has 0 saturated carbocycles. The maximum absolute atomic E-state index is 12.6. The molecule has 1 aliphatic rings. The highest BCUT2D eigenvalue weighted by Crippen LogP contribution is 2.23. The number of allylic oxidation sites excluding steroid dienone is 4. The summed E-state index contributed by atoms with van der Waals surface area (Å²) in [6.45, 7) is 5.93. The van der Waals surface area contributed by atoms with Gasteiger partial charge >= 0.3 is 11.9 Å². The van der Waals surface area contributed by atoms with Crippen LogP contribution >= 0.6 is 0 Å². The molecule has 1 aliphatic heterocycles. The van der Waals surface area contributed by atoms with E-state index in [1.54, 1.807) is 0 Å². The molecule has 5 nitrogen and oxygen atoms in total. The van der Waals surface area contributed by atoms with Gasteiger partial charge in [-0.2, -0.15) is 0 Å². The SMILES string of the molecule is CCCCCCCCC=CCCCCCCCC(=O)O[C@@H]1C[N+](C)(C)C[C@H]1OC(=O)CCCCCCCC=CCCCCCCCC. The molecule has 2 atom stereocenters. The number of unbranched alkanes of at least 4 members (excludes halogenated alkanes) is 22. The van der Waals surface area contributed by atoms with Gasteiger partial charge in [-0.15, -0.1) is 0 Å². The van der Waals surface area contributed by atoms with E-state index in [1.165, 1.54) is 141 Å². The standard InChI is InChI=1S/C42H78NO4/c1-5-7-9-11-13-15-17-19-21-23-25-27-29-31-33-35-41(44)46-39-37-43(3,4)38-40(39)47-42(45)36-34-32-30-28-26-24-22-20-18-16-14-12-10-8-6-2/h19-22,39-40H,5-18,23-38H2,1-4H3/q+1/t39-,40-/m1/s1. The van der Waals surface area contributed by atoms with Gasteiger partial charge in [0.25, 0.3) is 0 Å². The van der Waals surface area contributed by atoms with E-state index < -0.39 is 0 Å². The molecule has 1 heterocycles. The lowest BCUT2D eigenvalue weighted by molar-refractivity contribution is -0.880. The second kappa shape index (κ2) is 30.4. The number of rotatable bonds is 32. The van der Waals surface area contributed by atoms with Crippen LogP contribution in [0, 0.1) is 0 Å². The lowest BCUT2D eigenvalue weighted by Gasteiger charge is -2.22. The van der Waals surface area contributed by atoms with Gasteiger partial charge < -0.3 is 14.0 Å². The zero-order valence-electron chi connectivity index (χ0n) is 31.8. The Morgan fingerprint density at radius 2 is 0.745 bits per heavy atom. The number of nitrogens with zero attached hydrogens (tertiary/aromatic N) is 1. The highest BCUT2D eigenvalue weighted by atomic mass is 16.6. The second-order valence-electron chi connectivity index (χ2n) is 15.0. The van der Waals surface area contributed by atoms with Crippen LogP contribution in [0.1, 0.15) is 194 Å². The Labute approximate surface area is 292 Å². The monoisotopic (exact) mass is 661 g/mol. The number of ether oxygens (including phenoxy) is 2. The largest absolute Gasteiger partial charge is 0.452 e. The zero-order valence-corrected chi connectivity index (χ0v) is 31.8. The Bertz CT molecular complexity index is 740. The predicted molar refractivity (Wildman–Crippen MR) is 201 cm³/mol. The number of likely N-dealkylation sites (tertiary alicyclic amines) is 1. The lowest BCUT2D eigenvalue weighted by atomic mass is 10.1. The van der Waals surface area contributed by atoms with Crippen molar-refractivity contribution in [2.45, 2.75) is 206 Å². The molecule has 274 valence electrons. The van der Waals surface area contributed by atoms with Gasteiger partial charge in [-0.1, -0.05) is 141 Å². The van der Waals surface area contributed by atoms with Gasteiger partial charge in [0.1, 0.15) is 13.1 Å². The highest BCUT2D eigenvalue weighted by molar-refractivity contribution is 5.70. The lowest BCUT2D eigenvalue weighted by Crippen LogP contribution is -2.38. The van der Waals surface area contributed by atoms with Crippen molar-refractivity contribution in [2.75, 3.05) is 27.2 Å². The summed E-state index contributed by atoms with van der Waals surface area (Å²) in [5.41, 5.74) is 0. The maximum atomic E-state index is 12.6. The first kappa shape index (κ1) is 43.4. The topological polar surface area (TPSA) is 52.6 Å². The van der Waals surface area contributed by atoms with Crippen molar-refractivity contribution in [2.24, 2.45) is 0 Å². The van der Waals surface area contributed by atoms with E-state index in [2.05, 4.69) is 52.2 Å². The van der Waals surface area contributed by atoms with E-state index >= 15 is 0 Å². The average Bonchev–Trinajstić information content (AvgIpc) is 3.32. The molecule has 0 aromatic heterocycles. The average molecular weight is 661 g/mol. The van der Waals surface area contributed by atoms with Crippen molar-refractivity contribution in [3.05, 3.63) is 24.3 Å². The molecule has 0 amide bonds. The summed E-state index contributed by atoms with van der Waals surface area (Å²) < 4.78 is 12.4. The van der Waals surface area contributed by atoms with Gasteiger partial charge in [0, 0.05) is 12.8 Å². The highest BCUT2D eigenvalue weighted by Gasteiger charge is 2.45.